The van der Waals surface area contributed by atoms with E-state index < -0.39 is 11.4 Å². The molecule has 0 spiro atoms. The summed E-state index contributed by atoms with van der Waals surface area (Å²) in [5.74, 6) is -0.801. The van der Waals surface area contributed by atoms with Gasteiger partial charge in [0, 0.05) is 19.2 Å². The summed E-state index contributed by atoms with van der Waals surface area (Å²) < 4.78 is 0. The number of nitrogens with one attached hydrogen (secondary N) is 1. The van der Waals surface area contributed by atoms with Crippen molar-refractivity contribution in [1.82, 2.24) is 10.2 Å². The Morgan fingerprint density at radius 3 is 2.26 bits per heavy atom. The molecule has 1 rings (SSSR count). The van der Waals surface area contributed by atoms with Gasteiger partial charge < -0.3 is 20.8 Å². The van der Waals surface area contributed by atoms with E-state index in [1.165, 1.54) is 18.2 Å². The zero-order chi connectivity index (χ0) is 14.6. The second kappa shape index (κ2) is 5.90. The lowest BCUT2D eigenvalue weighted by Crippen LogP contribution is -2.51. The molecule has 0 saturated heterocycles. The lowest BCUT2D eigenvalue weighted by atomic mass is 9.90. The summed E-state index contributed by atoms with van der Waals surface area (Å²) >= 11 is 0. The summed E-state index contributed by atoms with van der Waals surface area (Å²) in [5.41, 5.74) is 4.72. The van der Waals surface area contributed by atoms with Gasteiger partial charge in [0.15, 0.2) is 0 Å². The molecule has 0 radical (unpaired) electrons. The average molecular weight is 267 g/mol. The first-order chi connectivity index (χ1) is 8.75. The molecule has 5 N–H and O–H groups in total. The van der Waals surface area contributed by atoms with Crippen LogP contribution >= 0.6 is 0 Å². The molecule has 0 fully saturated rings. The van der Waals surface area contributed by atoms with Gasteiger partial charge in [-0.15, -0.1) is 0 Å². The van der Waals surface area contributed by atoms with Crippen LogP contribution in [0.4, 0.5) is 0 Å². The van der Waals surface area contributed by atoms with Gasteiger partial charge in [0.05, 0.1) is 0 Å². The Kier molecular flexibility index (Phi) is 4.74. The Morgan fingerprint density at radius 2 is 1.84 bits per heavy atom. The number of hydrogen-bond acceptors (Lipinski definition) is 5. The van der Waals surface area contributed by atoms with Crippen molar-refractivity contribution in [2.45, 2.75) is 12.5 Å². The SMILES string of the molecule is CN(C)CCNC(C)(C(N)=O)c1cc(O)cc(O)c1. The van der Waals surface area contributed by atoms with Crippen molar-refractivity contribution >= 4 is 5.91 Å². The summed E-state index contributed by atoms with van der Waals surface area (Å²) in [6.07, 6.45) is 0. The highest BCUT2D eigenvalue weighted by Crippen LogP contribution is 2.28. The third-order valence-electron chi connectivity index (χ3n) is 3.01. The number of phenols is 2. The molecule has 6 nitrogen and oxygen atoms in total. The molecule has 0 aliphatic heterocycles. The predicted molar refractivity (Wildman–Crippen MR) is 72.9 cm³/mol. The number of likely N-dealkylation sites (N-methyl/N-ethyl adjacent to an activating group) is 1. The minimum Gasteiger partial charge on any atom is -0.508 e. The van der Waals surface area contributed by atoms with Crippen molar-refractivity contribution in [3.8, 4) is 11.5 Å². The Morgan fingerprint density at radius 1 is 1.32 bits per heavy atom. The molecule has 0 heterocycles. The van der Waals surface area contributed by atoms with Gasteiger partial charge in [-0.3, -0.25) is 10.1 Å². The minimum atomic E-state index is -1.15. The third-order valence-corrected chi connectivity index (χ3v) is 3.01. The second-order valence-electron chi connectivity index (χ2n) is 4.96. The van der Waals surface area contributed by atoms with Crippen LogP contribution in [-0.2, 0) is 10.3 Å². The Labute approximate surface area is 112 Å². The number of benzene rings is 1. The summed E-state index contributed by atoms with van der Waals surface area (Å²) in [6, 6.07) is 4.02. The molecule has 106 valence electrons. The van der Waals surface area contributed by atoms with E-state index in [1.807, 2.05) is 19.0 Å². The predicted octanol–water partition coefficient (Wildman–Crippen LogP) is -0.0505. The smallest absolute Gasteiger partial charge is 0.242 e. The summed E-state index contributed by atoms with van der Waals surface area (Å²) in [4.78, 5) is 13.7. The highest BCUT2D eigenvalue weighted by Gasteiger charge is 2.33. The minimum absolute atomic E-state index is 0.114. The van der Waals surface area contributed by atoms with Gasteiger partial charge in [-0.25, -0.2) is 0 Å². The molecular weight excluding hydrogens is 246 g/mol. The molecular formula is C13H21N3O3. The van der Waals surface area contributed by atoms with Crippen LogP contribution in [0.2, 0.25) is 0 Å². The normalized spacial score (nSPS) is 14.3. The van der Waals surface area contributed by atoms with Crippen molar-refractivity contribution in [2.24, 2.45) is 5.73 Å². The van der Waals surface area contributed by atoms with Crippen LogP contribution in [-0.4, -0.2) is 48.2 Å². The maximum absolute atomic E-state index is 11.7. The highest BCUT2D eigenvalue weighted by atomic mass is 16.3. The molecule has 1 aromatic carbocycles. The first-order valence-corrected chi connectivity index (χ1v) is 5.99. The van der Waals surface area contributed by atoms with Crippen molar-refractivity contribution < 1.29 is 15.0 Å². The van der Waals surface area contributed by atoms with Gasteiger partial charge in [-0.1, -0.05) is 0 Å². The van der Waals surface area contributed by atoms with E-state index in [2.05, 4.69) is 5.32 Å². The molecule has 1 atom stereocenters. The van der Waals surface area contributed by atoms with Gasteiger partial charge in [0.1, 0.15) is 17.0 Å². The van der Waals surface area contributed by atoms with E-state index in [1.54, 1.807) is 6.92 Å². The number of nitrogens with zero attached hydrogens (tertiary/aromatic N) is 1. The molecule has 0 saturated carbocycles. The van der Waals surface area contributed by atoms with Crippen molar-refractivity contribution in [2.75, 3.05) is 27.2 Å². The summed E-state index contributed by atoms with van der Waals surface area (Å²) in [5, 5.41) is 22.1. The number of phenolic OH excluding ortho intramolecular Hbond substituents is 2. The van der Waals surface area contributed by atoms with Crippen LogP contribution in [0.5, 0.6) is 11.5 Å². The monoisotopic (exact) mass is 267 g/mol. The fourth-order valence-electron chi connectivity index (χ4n) is 1.74. The molecule has 19 heavy (non-hydrogen) atoms. The zero-order valence-corrected chi connectivity index (χ0v) is 11.5. The van der Waals surface area contributed by atoms with Gasteiger partial charge >= 0.3 is 0 Å². The van der Waals surface area contributed by atoms with Crippen molar-refractivity contribution in [3.63, 3.8) is 0 Å². The van der Waals surface area contributed by atoms with E-state index >= 15 is 0 Å². The lowest BCUT2D eigenvalue weighted by molar-refractivity contribution is -0.124. The Hall–Kier alpha value is -1.79. The van der Waals surface area contributed by atoms with Crippen LogP contribution < -0.4 is 11.1 Å². The summed E-state index contributed by atoms with van der Waals surface area (Å²) in [6.45, 7) is 2.90. The second-order valence-corrected chi connectivity index (χ2v) is 4.96. The molecule has 0 aliphatic carbocycles. The lowest BCUT2D eigenvalue weighted by Gasteiger charge is -2.29. The number of carbonyl (C=O) groups is 1. The van der Waals surface area contributed by atoms with Crippen LogP contribution in [0, 0.1) is 0 Å². The van der Waals surface area contributed by atoms with Gasteiger partial charge in [-0.2, -0.15) is 0 Å². The molecule has 1 unspecified atom stereocenters. The fraction of sp³-hybridized carbons (Fsp3) is 0.462. The maximum atomic E-state index is 11.7. The Bertz CT molecular complexity index is 442. The van der Waals surface area contributed by atoms with Gasteiger partial charge in [0.25, 0.3) is 0 Å². The number of carbonyl (C=O) groups excluding carboxylic acids is 1. The van der Waals surface area contributed by atoms with E-state index in [-0.39, 0.29) is 11.5 Å². The molecule has 1 amide bonds. The molecule has 0 bridgehead atoms. The molecule has 6 heteroatoms. The highest BCUT2D eigenvalue weighted by molar-refractivity contribution is 5.86. The number of primary amides is 1. The van der Waals surface area contributed by atoms with E-state index in [9.17, 15) is 15.0 Å². The Balaban J connectivity index is 3.01. The topological polar surface area (TPSA) is 98.8 Å². The van der Waals surface area contributed by atoms with E-state index in [0.29, 0.717) is 12.1 Å². The van der Waals surface area contributed by atoms with Crippen LogP contribution in [0.15, 0.2) is 18.2 Å². The average Bonchev–Trinajstić information content (AvgIpc) is 2.26. The molecule has 0 aliphatic rings. The first-order valence-electron chi connectivity index (χ1n) is 5.99. The summed E-state index contributed by atoms with van der Waals surface area (Å²) in [7, 11) is 3.84. The quantitative estimate of drug-likeness (QED) is 0.579. The molecule has 1 aromatic rings. The maximum Gasteiger partial charge on any atom is 0.242 e. The molecule has 0 aromatic heterocycles. The van der Waals surface area contributed by atoms with Crippen LogP contribution in [0.3, 0.4) is 0 Å². The van der Waals surface area contributed by atoms with Crippen LogP contribution in [0.1, 0.15) is 12.5 Å². The fourth-order valence-corrected chi connectivity index (χ4v) is 1.74. The number of nitrogens with two attached hydrogens (primary N) is 1. The zero-order valence-electron chi connectivity index (χ0n) is 11.5. The third kappa shape index (κ3) is 3.84. The standard InChI is InChI=1S/C13H21N3O3/c1-13(12(14)19,15-4-5-16(2)3)9-6-10(17)8-11(18)7-9/h6-8,15,17-18H,4-5H2,1-3H3,(H2,14,19). The van der Waals surface area contributed by atoms with Crippen molar-refractivity contribution in [1.29, 1.82) is 0 Å². The van der Waals surface area contributed by atoms with E-state index in [0.717, 1.165) is 6.54 Å². The number of amides is 1. The van der Waals surface area contributed by atoms with E-state index in [4.69, 9.17) is 5.73 Å². The van der Waals surface area contributed by atoms with Crippen LogP contribution in [0.25, 0.3) is 0 Å². The van der Waals surface area contributed by atoms with Crippen molar-refractivity contribution in [3.05, 3.63) is 23.8 Å². The van der Waals surface area contributed by atoms with Gasteiger partial charge in [0.2, 0.25) is 5.91 Å². The number of aromatic hydroxyl groups is 2. The first kappa shape index (κ1) is 15.3. The van der Waals surface area contributed by atoms with Gasteiger partial charge in [-0.05, 0) is 38.7 Å². The number of rotatable bonds is 6. The largest absolute Gasteiger partial charge is 0.508 e. The number of hydrogen-bond donors (Lipinski definition) is 4.